The number of halogens is 3. The van der Waals surface area contributed by atoms with Gasteiger partial charge in [0.15, 0.2) is 0 Å². The number of nitrogens with zero attached hydrogens (tertiary/aromatic N) is 2. The summed E-state index contributed by atoms with van der Waals surface area (Å²) < 4.78 is 0. The van der Waals surface area contributed by atoms with Crippen molar-refractivity contribution in [3.63, 3.8) is 0 Å². The number of rotatable bonds is 2. The average Bonchev–Trinajstić information content (AvgIpc) is 2.35. The summed E-state index contributed by atoms with van der Waals surface area (Å²) in [6.07, 6.45) is 1.70. The predicted molar refractivity (Wildman–Crippen MR) is 74.0 cm³/mol. The van der Waals surface area contributed by atoms with Gasteiger partial charge in [-0.3, -0.25) is 4.98 Å². The first-order chi connectivity index (χ1) is 8.63. The van der Waals surface area contributed by atoms with Gasteiger partial charge in [0.25, 0.3) is 0 Å². The summed E-state index contributed by atoms with van der Waals surface area (Å²) in [4.78, 5) is 4.16. The number of hydrogen-bond acceptors (Lipinski definition) is 2. The van der Waals surface area contributed by atoms with Gasteiger partial charge in [0, 0.05) is 17.3 Å². The maximum Gasteiger partial charge on any atom is 0.0781 e. The molecule has 0 bridgehead atoms. The molecule has 2 aromatic rings. The van der Waals surface area contributed by atoms with Crippen LogP contribution in [0.25, 0.3) is 11.1 Å². The van der Waals surface area contributed by atoms with Crippen molar-refractivity contribution in [1.29, 1.82) is 5.26 Å². The number of benzene rings is 1. The van der Waals surface area contributed by atoms with E-state index in [1.807, 2.05) is 6.07 Å². The molecule has 1 aromatic carbocycles. The van der Waals surface area contributed by atoms with Crippen LogP contribution in [0.3, 0.4) is 0 Å². The minimum atomic E-state index is 0.190. The fourth-order valence-electron chi connectivity index (χ4n) is 1.63. The van der Waals surface area contributed by atoms with Crippen molar-refractivity contribution >= 4 is 34.8 Å². The lowest BCUT2D eigenvalue weighted by atomic mass is 10.0. The van der Waals surface area contributed by atoms with E-state index in [4.69, 9.17) is 40.1 Å². The smallest absolute Gasteiger partial charge is 0.0781 e. The minimum Gasteiger partial charge on any atom is -0.258 e. The van der Waals surface area contributed by atoms with Gasteiger partial charge in [0.05, 0.1) is 33.3 Å². The van der Waals surface area contributed by atoms with Crippen LogP contribution in [0.5, 0.6) is 0 Å². The zero-order chi connectivity index (χ0) is 13.1. The number of pyridine rings is 1. The third-order valence-corrected chi connectivity index (χ3v) is 3.45. The third-order valence-electron chi connectivity index (χ3n) is 2.43. The van der Waals surface area contributed by atoms with Crippen LogP contribution >= 0.6 is 34.8 Å². The fourth-order valence-corrected chi connectivity index (χ4v) is 2.19. The summed E-state index contributed by atoms with van der Waals surface area (Å²) in [7, 11) is 0. The van der Waals surface area contributed by atoms with Gasteiger partial charge in [-0.25, -0.2) is 0 Å². The molecule has 0 aliphatic rings. The second-order valence-corrected chi connectivity index (χ2v) is 4.81. The lowest BCUT2D eigenvalue weighted by Crippen LogP contribution is -1.94. The van der Waals surface area contributed by atoms with Crippen LogP contribution in [0.4, 0.5) is 0 Å². The second kappa shape index (κ2) is 5.58. The van der Waals surface area contributed by atoms with Crippen molar-refractivity contribution in [3.05, 3.63) is 51.2 Å². The normalized spacial score (nSPS) is 10.1. The van der Waals surface area contributed by atoms with E-state index in [-0.39, 0.29) is 6.42 Å². The van der Waals surface area contributed by atoms with Crippen LogP contribution in [0, 0.1) is 11.3 Å². The summed E-state index contributed by atoms with van der Waals surface area (Å²) in [6, 6.07) is 9.12. The summed E-state index contributed by atoms with van der Waals surface area (Å²) in [5, 5.41) is 10.2. The molecule has 0 radical (unpaired) electrons. The van der Waals surface area contributed by atoms with E-state index >= 15 is 0 Å². The monoisotopic (exact) mass is 296 g/mol. The zero-order valence-electron chi connectivity index (χ0n) is 9.12. The molecule has 0 N–H and O–H groups in total. The van der Waals surface area contributed by atoms with Gasteiger partial charge in [0.2, 0.25) is 0 Å². The van der Waals surface area contributed by atoms with Crippen molar-refractivity contribution in [2.75, 3.05) is 0 Å². The van der Waals surface area contributed by atoms with Gasteiger partial charge in [-0.2, -0.15) is 5.26 Å². The van der Waals surface area contributed by atoms with Crippen LogP contribution in [0.1, 0.15) is 5.69 Å². The summed E-state index contributed by atoms with van der Waals surface area (Å²) >= 11 is 18.1. The Morgan fingerprint density at radius 1 is 1.17 bits per heavy atom. The molecule has 1 heterocycles. The molecule has 0 saturated carbocycles. The molecule has 1 aromatic heterocycles. The summed E-state index contributed by atoms with van der Waals surface area (Å²) in [5.41, 5.74) is 2.09. The van der Waals surface area contributed by atoms with Gasteiger partial charge in [0.1, 0.15) is 0 Å². The largest absolute Gasteiger partial charge is 0.258 e. The highest BCUT2D eigenvalue weighted by Gasteiger charge is 2.12. The van der Waals surface area contributed by atoms with Crippen LogP contribution < -0.4 is 0 Å². The Labute approximate surface area is 120 Å². The standard InChI is InChI=1S/C13H7Cl3N2/c14-8-6-10(12(4-5-17)18-7-8)9-2-1-3-11(15)13(9)16/h1-3,6-7H,4H2. The Hall–Kier alpha value is -1.27. The van der Waals surface area contributed by atoms with Crippen molar-refractivity contribution in [1.82, 2.24) is 4.98 Å². The van der Waals surface area contributed by atoms with Crippen LogP contribution in [0.15, 0.2) is 30.5 Å². The molecule has 0 unspecified atom stereocenters. The number of aromatic nitrogens is 1. The fraction of sp³-hybridized carbons (Fsp3) is 0.0769. The highest BCUT2D eigenvalue weighted by Crippen LogP contribution is 2.35. The topological polar surface area (TPSA) is 36.7 Å². The third kappa shape index (κ3) is 2.59. The molecule has 5 heteroatoms. The Morgan fingerprint density at radius 2 is 1.94 bits per heavy atom. The maximum atomic E-state index is 8.80. The molecule has 0 aliphatic heterocycles. The van der Waals surface area contributed by atoms with E-state index in [1.165, 1.54) is 6.20 Å². The van der Waals surface area contributed by atoms with E-state index < -0.39 is 0 Å². The second-order valence-electron chi connectivity index (χ2n) is 3.58. The summed E-state index contributed by atoms with van der Waals surface area (Å²) in [5.74, 6) is 0. The van der Waals surface area contributed by atoms with Gasteiger partial charge >= 0.3 is 0 Å². The van der Waals surface area contributed by atoms with E-state index in [0.717, 1.165) is 11.1 Å². The van der Waals surface area contributed by atoms with Gasteiger partial charge in [-0.1, -0.05) is 46.9 Å². The van der Waals surface area contributed by atoms with Gasteiger partial charge < -0.3 is 0 Å². The average molecular weight is 298 g/mol. The first-order valence-electron chi connectivity index (χ1n) is 5.09. The van der Waals surface area contributed by atoms with Crippen LogP contribution in [0.2, 0.25) is 15.1 Å². The minimum absolute atomic E-state index is 0.190. The molecule has 0 amide bonds. The Bertz CT molecular complexity index is 633. The van der Waals surface area contributed by atoms with Crippen LogP contribution in [-0.4, -0.2) is 4.98 Å². The Kier molecular flexibility index (Phi) is 4.08. The molecular formula is C13H7Cl3N2. The van der Waals surface area contributed by atoms with Crippen molar-refractivity contribution in [3.8, 4) is 17.2 Å². The molecular weight excluding hydrogens is 291 g/mol. The molecule has 0 spiro atoms. The molecule has 0 fully saturated rings. The maximum absolute atomic E-state index is 8.80. The lowest BCUT2D eigenvalue weighted by molar-refractivity contribution is 1.12. The first-order valence-corrected chi connectivity index (χ1v) is 6.22. The lowest BCUT2D eigenvalue weighted by Gasteiger charge is -2.09. The molecule has 0 atom stereocenters. The Morgan fingerprint density at radius 3 is 2.67 bits per heavy atom. The highest BCUT2D eigenvalue weighted by atomic mass is 35.5. The van der Waals surface area contributed by atoms with Crippen molar-refractivity contribution < 1.29 is 0 Å². The number of hydrogen-bond donors (Lipinski definition) is 0. The summed E-state index contributed by atoms with van der Waals surface area (Å²) in [6.45, 7) is 0. The van der Waals surface area contributed by atoms with E-state index in [1.54, 1.807) is 18.2 Å². The van der Waals surface area contributed by atoms with Gasteiger partial charge in [-0.05, 0) is 12.1 Å². The van der Waals surface area contributed by atoms with Crippen molar-refractivity contribution in [2.24, 2.45) is 0 Å². The molecule has 0 aliphatic carbocycles. The van der Waals surface area contributed by atoms with E-state index in [9.17, 15) is 0 Å². The Balaban J connectivity index is 2.66. The molecule has 18 heavy (non-hydrogen) atoms. The molecule has 0 saturated heterocycles. The van der Waals surface area contributed by atoms with Crippen LogP contribution in [-0.2, 0) is 6.42 Å². The van der Waals surface area contributed by atoms with Gasteiger partial charge in [-0.15, -0.1) is 0 Å². The zero-order valence-corrected chi connectivity index (χ0v) is 11.4. The quantitative estimate of drug-likeness (QED) is 0.800. The molecule has 90 valence electrons. The molecule has 2 rings (SSSR count). The number of nitriles is 1. The van der Waals surface area contributed by atoms with E-state index in [2.05, 4.69) is 11.1 Å². The van der Waals surface area contributed by atoms with E-state index in [0.29, 0.717) is 20.8 Å². The van der Waals surface area contributed by atoms with Crippen molar-refractivity contribution in [2.45, 2.75) is 6.42 Å². The molecule has 2 nitrogen and oxygen atoms in total. The first kappa shape index (κ1) is 13.2. The SMILES string of the molecule is N#CCc1ncc(Cl)cc1-c1cccc(Cl)c1Cl. The predicted octanol–water partition coefficient (Wildman–Crippen LogP) is 4.77. The highest BCUT2D eigenvalue weighted by molar-refractivity contribution is 6.43.